The van der Waals surface area contributed by atoms with E-state index in [1.165, 1.54) is 0 Å². The van der Waals surface area contributed by atoms with Gasteiger partial charge >= 0.3 is 0 Å². The standard InChI is InChI=1S/C59H89N13O10/c1-4-5-6-7-14-19-42(73)35-51(74)65-43(24-28-60)53(76)68-46-27-31-64-52(75)48(33-38-15-10-8-11-16-38)70-59(82)50(36-63)72-55(78)45(26-30-62)67-57(80)47(32-37(2)3)69-58(81)49(71-54(77)44(25-29-61)66-56(46)79)34-39-20-22-41(23-21-39)40-17-12-9-13-18-40/h8-13,15-18,20-23,37,42-50,73H,4-7,14,19,24-36,60-63H2,1-3H3,(H,64,75)(H,65,74)(H,66,79)(H,67,80)(H,68,76)(H,69,81)(H,70,82)(H,71,77)(H,72,78)/t42-,43-,44+,45+,46+,47+,48+,49-,50+/m1/s1. The molecule has 23 nitrogen and oxygen atoms in total. The molecule has 0 radical (unpaired) electrons. The Hall–Kier alpha value is -7.31. The number of nitrogens with one attached hydrogen (secondary N) is 9. The molecule has 1 fully saturated rings. The van der Waals surface area contributed by atoms with Gasteiger partial charge in [0.2, 0.25) is 53.2 Å². The molecule has 0 saturated carbocycles. The smallest absolute Gasteiger partial charge is 0.244 e. The molecule has 9 amide bonds. The monoisotopic (exact) mass is 1140 g/mol. The first-order valence-corrected chi connectivity index (χ1v) is 28.8. The summed E-state index contributed by atoms with van der Waals surface area (Å²) < 4.78 is 0. The van der Waals surface area contributed by atoms with Crippen LogP contribution < -0.4 is 70.8 Å². The van der Waals surface area contributed by atoms with Crippen molar-refractivity contribution in [1.29, 1.82) is 0 Å². The highest BCUT2D eigenvalue weighted by molar-refractivity contribution is 5.98. The molecule has 0 aliphatic carbocycles. The number of aliphatic hydroxyl groups is 1. The lowest BCUT2D eigenvalue weighted by Gasteiger charge is -2.28. The van der Waals surface area contributed by atoms with Crippen LogP contribution in [0.2, 0.25) is 0 Å². The van der Waals surface area contributed by atoms with E-state index in [4.69, 9.17) is 22.9 Å². The second kappa shape index (κ2) is 36.2. The summed E-state index contributed by atoms with van der Waals surface area (Å²) in [6.07, 6.45) is 3.19. The molecule has 9 atom stereocenters. The summed E-state index contributed by atoms with van der Waals surface area (Å²) in [4.78, 5) is 128. The third-order valence-corrected chi connectivity index (χ3v) is 14.0. The first-order chi connectivity index (χ1) is 39.4. The third-order valence-electron chi connectivity index (χ3n) is 14.0. The lowest BCUT2D eigenvalue weighted by molar-refractivity contribution is -0.136. The van der Waals surface area contributed by atoms with Crippen LogP contribution in [-0.4, -0.2) is 145 Å². The minimum atomic E-state index is -1.51. The largest absolute Gasteiger partial charge is 0.393 e. The van der Waals surface area contributed by atoms with Crippen LogP contribution in [0.1, 0.15) is 109 Å². The van der Waals surface area contributed by atoms with Gasteiger partial charge in [-0.3, -0.25) is 43.2 Å². The zero-order chi connectivity index (χ0) is 60.0. The minimum Gasteiger partial charge on any atom is -0.393 e. The number of aliphatic hydroxyl groups excluding tert-OH is 1. The van der Waals surface area contributed by atoms with E-state index in [2.05, 4.69) is 54.8 Å². The van der Waals surface area contributed by atoms with Crippen LogP contribution in [0.15, 0.2) is 84.9 Å². The molecular weight excluding hydrogens is 1050 g/mol. The van der Waals surface area contributed by atoms with Gasteiger partial charge < -0.3 is 75.9 Å². The van der Waals surface area contributed by atoms with Crippen molar-refractivity contribution in [1.82, 2.24) is 47.9 Å². The maximum absolute atomic E-state index is 14.7. The van der Waals surface area contributed by atoms with E-state index in [-0.39, 0.29) is 83.5 Å². The van der Waals surface area contributed by atoms with Gasteiger partial charge in [-0.25, -0.2) is 0 Å². The van der Waals surface area contributed by atoms with Gasteiger partial charge in [0.1, 0.15) is 48.3 Å². The van der Waals surface area contributed by atoms with Crippen molar-refractivity contribution >= 4 is 53.2 Å². The molecule has 4 rings (SSSR count). The maximum Gasteiger partial charge on any atom is 0.244 e. The van der Waals surface area contributed by atoms with Crippen LogP contribution in [-0.2, 0) is 56.0 Å². The van der Waals surface area contributed by atoms with E-state index in [1.807, 2.05) is 56.3 Å². The van der Waals surface area contributed by atoms with Gasteiger partial charge in [0.05, 0.1) is 12.5 Å². The molecule has 18 N–H and O–H groups in total. The van der Waals surface area contributed by atoms with Gasteiger partial charge in [-0.1, -0.05) is 138 Å². The molecule has 23 heteroatoms. The third kappa shape index (κ3) is 23.3. The van der Waals surface area contributed by atoms with Gasteiger partial charge in [0.25, 0.3) is 0 Å². The van der Waals surface area contributed by atoms with E-state index in [0.29, 0.717) is 24.0 Å². The molecule has 1 heterocycles. The Morgan fingerprint density at radius 2 is 1.05 bits per heavy atom. The molecule has 1 aliphatic rings. The van der Waals surface area contributed by atoms with Crippen LogP contribution in [0, 0.1) is 5.92 Å². The number of carbonyl (C=O) groups excluding carboxylic acids is 9. The number of unbranched alkanes of at least 4 members (excludes halogenated alkanes) is 4. The molecule has 0 bridgehead atoms. The second-order valence-corrected chi connectivity index (χ2v) is 21.2. The van der Waals surface area contributed by atoms with E-state index in [0.717, 1.165) is 36.8 Å². The van der Waals surface area contributed by atoms with Crippen molar-refractivity contribution in [2.24, 2.45) is 28.9 Å². The fourth-order valence-electron chi connectivity index (χ4n) is 9.40. The Kier molecular flexibility index (Phi) is 29.7. The van der Waals surface area contributed by atoms with Gasteiger partial charge in [-0.15, -0.1) is 0 Å². The number of benzene rings is 3. The maximum atomic E-state index is 14.7. The highest BCUT2D eigenvalue weighted by Crippen LogP contribution is 2.20. The Morgan fingerprint density at radius 3 is 1.62 bits per heavy atom. The van der Waals surface area contributed by atoms with Crippen molar-refractivity contribution in [3.8, 4) is 11.1 Å². The molecule has 0 spiro atoms. The average Bonchev–Trinajstić information content (AvgIpc) is 3.49. The summed E-state index contributed by atoms with van der Waals surface area (Å²) in [6, 6.07) is 14.8. The van der Waals surface area contributed by atoms with E-state index in [1.54, 1.807) is 42.5 Å². The zero-order valence-electron chi connectivity index (χ0n) is 47.7. The predicted molar refractivity (Wildman–Crippen MR) is 312 cm³/mol. The molecule has 3 aromatic carbocycles. The Morgan fingerprint density at radius 1 is 0.561 bits per heavy atom. The van der Waals surface area contributed by atoms with Gasteiger partial charge in [0.15, 0.2) is 0 Å². The average molecular weight is 1140 g/mol. The summed E-state index contributed by atoms with van der Waals surface area (Å²) in [6.45, 7) is 4.75. The van der Waals surface area contributed by atoms with Crippen LogP contribution in [0.25, 0.3) is 11.1 Å². The van der Waals surface area contributed by atoms with E-state index < -0.39 is 114 Å². The van der Waals surface area contributed by atoms with Crippen molar-refractivity contribution < 1.29 is 48.3 Å². The predicted octanol–water partition coefficient (Wildman–Crippen LogP) is -0.300. The Balaban J connectivity index is 1.77. The fraction of sp³-hybridized carbons (Fsp3) is 0.542. The van der Waals surface area contributed by atoms with Crippen LogP contribution in [0.5, 0.6) is 0 Å². The summed E-state index contributed by atoms with van der Waals surface area (Å²) in [7, 11) is 0. The number of nitrogens with two attached hydrogens (primary N) is 4. The number of hydrogen-bond donors (Lipinski definition) is 14. The fourth-order valence-corrected chi connectivity index (χ4v) is 9.40. The summed E-state index contributed by atoms with van der Waals surface area (Å²) in [5.41, 5.74) is 27.0. The molecular formula is C59H89N13O10. The number of rotatable bonds is 25. The highest BCUT2D eigenvalue weighted by Gasteiger charge is 2.35. The molecule has 1 aliphatic heterocycles. The summed E-state index contributed by atoms with van der Waals surface area (Å²) in [5, 5.41) is 34.9. The lowest BCUT2D eigenvalue weighted by atomic mass is 9.98. The number of hydrogen-bond acceptors (Lipinski definition) is 14. The second-order valence-electron chi connectivity index (χ2n) is 21.2. The molecule has 450 valence electrons. The Bertz CT molecular complexity index is 2510. The van der Waals surface area contributed by atoms with Gasteiger partial charge in [-0.2, -0.15) is 0 Å². The van der Waals surface area contributed by atoms with E-state index in [9.17, 15) is 48.3 Å². The first kappa shape index (κ1) is 67.2. The normalized spacial score (nSPS) is 21.8. The highest BCUT2D eigenvalue weighted by atomic mass is 16.3. The first-order valence-electron chi connectivity index (χ1n) is 28.8. The van der Waals surface area contributed by atoms with Crippen molar-refractivity contribution in [3.63, 3.8) is 0 Å². The van der Waals surface area contributed by atoms with Crippen LogP contribution in [0.3, 0.4) is 0 Å². The van der Waals surface area contributed by atoms with Crippen LogP contribution >= 0.6 is 0 Å². The summed E-state index contributed by atoms with van der Waals surface area (Å²) in [5.74, 6) is -7.30. The van der Waals surface area contributed by atoms with Gasteiger partial charge in [-0.05, 0) is 86.3 Å². The molecule has 0 aromatic heterocycles. The quantitative estimate of drug-likeness (QED) is 0.0485. The molecule has 1 saturated heterocycles. The van der Waals surface area contributed by atoms with Crippen molar-refractivity contribution in [2.45, 2.75) is 165 Å². The SMILES string of the molecule is CCCCCCC[C@@H](O)CC(=O)N[C@H](CCN)C(=O)N[C@H]1CCNC(=O)[C@H](Cc2ccccc2)NC(=O)[C@H](CN)NC(=O)[C@H](CCN)NC(=O)[C@H](CC(C)C)NC(=O)[C@@H](Cc2ccc(-c3ccccc3)cc2)NC(=O)[C@H](CCN)NC1=O. The summed E-state index contributed by atoms with van der Waals surface area (Å²) >= 11 is 0. The number of amides is 9. The molecule has 3 aromatic rings. The van der Waals surface area contributed by atoms with Gasteiger partial charge in [0, 0.05) is 25.9 Å². The van der Waals surface area contributed by atoms with Crippen molar-refractivity contribution in [2.75, 3.05) is 32.7 Å². The zero-order valence-corrected chi connectivity index (χ0v) is 47.7. The van der Waals surface area contributed by atoms with Crippen molar-refractivity contribution in [3.05, 3.63) is 96.1 Å². The lowest BCUT2D eigenvalue weighted by Crippen LogP contribution is -2.61. The Labute approximate surface area is 481 Å². The van der Waals surface area contributed by atoms with Crippen LogP contribution in [0.4, 0.5) is 0 Å². The topological polar surface area (TPSA) is 386 Å². The molecule has 82 heavy (non-hydrogen) atoms. The number of carbonyl (C=O) groups is 9. The molecule has 0 unspecified atom stereocenters. The van der Waals surface area contributed by atoms with E-state index >= 15 is 0 Å². The minimum absolute atomic E-state index is 0.0387.